The van der Waals surface area contributed by atoms with Crippen molar-refractivity contribution in [1.82, 2.24) is 14.5 Å². The van der Waals surface area contributed by atoms with Crippen LogP contribution >= 0.6 is 0 Å². The summed E-state index contributed by atoms with van der Waals surface area (Å²) in [5, 5.41) is 9.16. The van der Waals surface area contributed by atoms with Gasteiger partial charge in [0.1, 0.15) is 17.5 Å². The molecule has 0 radical (unpaired) electrons. The highest BCUT2D eigenvalue weighted by Gasteiger charge is 2.49. The lowest BCUT2D eigenvalue weighted by Gasteiger charge is -2.36. The van der Waals surface area contributed by atoms with Crippen molar-refractivity contribution in [3.05, 3.63) is 29.8 Å². The third-order valence-electron chi connectivity index (χ3n) is 7.06. The minimum absolute atomic E-state index is 0.0253. The molecule has 1 aliphatic carbocycles. The normalized spacial score (nSPS) is 30.8. The van der Waals surface area contributed by atoms with Gasteiger partial charge in [-0.15, -0.1) is 0 Å². The maximum atomic E-state index is 13.9. The van der Waals surface area contributed by atoms with Gasteiger partial charge in [-0.3, -0.25) is 0 Å². The highest BCUT2D eigenvalue weighted by molar-refractivity contribution is 5.77. The van der Waals surface area contributed by atoms with Crippen molar-refractivity contribution < 1.29 is 18.7 Å². The van der Waals surface area contributed by atoms with Gasteiger partial charge in [0.05, 0.1) is 41.6 Å². The molecule has 2 saturated heterocycles. The molecule has 164 valence electrons. The van der Waals surface area contributed by atoms with Gasteiger partial charge in [0, 0.05) is 19.2 Å². The molecular formula is C23H27FN4O3. The van der Waals surface area contributed by atoms with E-state index in [-0.39, 0.29) is 17.3 Å². The molecule has 3 heterocycles. The molecule has 2 aliphatic heterocycles. The van der Waals surface area contributed by atoms with E-state index in [4.69, 9.17) is 14.7 Å². The summed E-state index contributed by atoms with van der Waals surface area (Å²) in [6.45, 7) is 4.71. The average molecular weight is 426 g/mol. The number of benzene rings is 1. The van der Waals surface area contributed by atoms with Gasteiger partial charge in [-0.1, -0.05) is 0 Å². The second-order valence-electron chi connectivity index (χ2n) is 9.60. The molecule has 1 spiro atoms. The van der Waals surface area contributed by atoms with Crippen molar-refractivity contribution in [3.8, 4) is 6.07 Å². The number of carbonyl (C=O) groups is 1. The molecule has 31 heavy (non-hydrogen) atoms. The molecule has 0 bridgehead atoms. The smallest absolute Gasteiger partial charge is 0.410 e. The number of imidazole rings is 1. The van der Waals surface area contributed by atoms with E-state index < -0.39 is 11.4 Å². The predicted octanol–water partition coefficient (Wildman–Crippen LogP) is 4.00. The van der Waals surface area contributed by atoms with Crippen molar-refractivity contribution in [2.45, 2.75) is 63.2 Å². The Morgan fingerprint density at radius 3 is 3.00 bits per heavy atom. The Bertz CT molecular complexity index is 1060. The van der Waals surface area contributed by atoms with E-state index in [0.717, 1.165) is 50.6 Å². The lowest BCUT2D eigenvalue weighted by molar-refractivity contribution is -0.00120. The minimum atomic E-state index is -0.547. The Kier molecular flexibility index (Phi) is 4.89. The van der Waals surface area contributed by atoms with Crippen LogP contribution in [-0.4, -0.2) is 51.4 Å². The largest absolute Gasteiger partial charge is 0.441 e. The van der Waals surface area contributed by atoms with Crippen LogP contribution in [0, 0.1) is 23.1 Å². The summed E-state index contributed by atoms with van der Waals surface area (Å²) in [5.74, 6) is -0.234. The van der Waals surface area contributed by atoms with Crippen LogP contribution in [0.3, 0.4) is 0 Å². The summed E-state index contributed by atoms with van der Waals surface area (Å²) in [6, 6.07) is 4.78. The Morgan fingerprint density at radius 1 is 1.35 bits per heavy atom. The summed E-state index contributed by atoms with van der Waals surface area (Å²) >= 11 is 0. The highest BCUT2D eigenvalue weighted by atomic mass is 19.1. The molecule has 1 aromatic heterocycles. The number of carbonyl (C=O) groups excluding carboxylic acids is 1. The van der Waals surface area contributed by atoms with Crippen molar-refractivity contribution in [1.29, 1.82) is 5.26 Å². The van der Waals surface area contributed by atoms with Crippen LogP contribution in [0.5, 0.6) is 0 Å². The zero-order valence-corrected chi connectivity index (χ0v) is 17.8. The van der Waals surface area contributed by atoms with Crippen LogP contribution < -0.4 is 0 Å². The summed E-state index contributed by atoms with van der Waals surface area (Å²) < 4.78 is 27.7. The van der Waals surface area contributed by atoms with E-state index >= 15 is 0 Å². The lowest BCUT2D eigenvalue weighted by atomic mass is 9.78. The maximum Gasteiger partial charge on any atom is 0.410 e. The number of hydrogen-bond donors (Lipinski definition) is 0. The number of rotatable bonds is 4. The summed E-state index contributed by atoms with van der Waals surface area (Å²) in [7, 11) is 0. The molecule has 7 nitrogen and oxygen atoms in total. The Labute approximate surface area is 180 Å². The Morgan fingerprint density at radius 2 is 2.23 bits per heavy atom. The van der Waals surface area contributed by atoms with Gasteiger partial charge in [-0.05, 0) is 57.4 Å². The van der Waals surface area contributed by atoms with Gasteiger partial charge in [-0.25, -0.2) is 14.2 Å². The third-order valence-corrected chi connectivity index (χ3v) is 7.06. The number of hydrogen-bond acceptors (Lipinski definition) is 5. The zero-order chi connectivity index (χ0) is 21.6. The van der Waals surface area contributed by atoms with E-state index in [0.29, 0.717) is 31.1 Å². The molecule has 1 amide bonds. The summed E-state index contributed by atoms with van der Waals surface area (Å²) in [6.07, 6.45) is 7.15. The number of nitriles is 1. The number of fused-ring (bicyclic) bond motifs is 1. The topological polar surface area (TPSA) is 80.4 Å². The number of halogens is 1. The maximum absolute atomic E-state index is 13.9. The van der Waals surface area contributed by atoms with E-state index in [1.807, 2.05) is 15.5 Å². The standard InChI is InChI=1S/C23H27FN4O3/c1-22(5-3-7-30-22)13-28-14-23(31-21(28)29)6-2-4-16(10-23)12-27-15-26-19-9-18(24)17(11-25)8-20(19)27/h8-9,15-16H,2-7,10,12-14H2,1H3/t16-,22?,23-/m0/s1. The molecular weight excluding hydrogens is 399 g/mol. The Balaban J connectivity index is 1.30. The zero-order valence-electron chi connectivity index (χ0n) is 17.8. The second-order valence-corrected chi connectivity index (χ2v) is 9.60. The predicted molar refractivity (Wildman–Crippen MR) is 111 cm³/mol. The van der Waals surface area contributed by atoms with E-state index in [2.05, 4.69) is 11.9 Å². The SMILES string of the molecule is CC1(CN2C[C@@]3(CCC[C@H](Cn4cnc5cc(F)c(C#N)cc54)C3)OC2=O)CCCO1. The van der Waals surface area contributed by atoms with E-state index in [1.165, 1.54) is 6.07 Å². The van der Waals surface area contributed by atoms with Crippen molar-refractivity contribution in [2.75, 3.05) is 19.7 Å². The summed E-state index contributed by atoms with van der Waals surface area (Å²) in [5.41, 5.74) is 0.605. The molecule has 1 unspecified atom stereocenters. The van der Waals surface area contributed by atoms with Crippen LogP contribution in [0.4, 0.5) is 9.18 Å². The van der Waals surface area contributed by atoms with Crippen molar-refractivity contribution in [2.24, 2.45) is 5.92 Å². The fourth-order valence-corrected chi connectivity index (χ4v) is 5.60. The second kappa shape index (κ2) is 7.49. The molecule has 3 aliphatic rings. The van der Waals surface area contributed by atoms with Crippen LogP contribution in [0.1, 0.15) is 51.0 Å². The first kappa shape index (κ1) is 20.3. The first-order valence-electron chi connectivity index (χ1n) is 11.1. The minimum Gasteiger partial charge on any atom is -0.441 e. The molecule has 0 N–H and O–H groups in total. The Hall–Kier alpha value is -2.66. The van der Waals surface area contributed by atoms with E-state index in [9.17, 15) is 9.18 Å². The van der Waals surface area contributed by atoms with Gasteiger partial charge in [0.25, 0.3) is 0 Å². The number of ether oxygens (including phenoxy) is 2. The van der Waals surface area contributed by atoms with Crippen molar-refractivity contribution >= 4 is 17.1 Å². The van der Waals surface area contributed by atoms with Crippen LogP contribution in [0.15, 0.2) is 18.5 Å². The molecule has 1 aromatic carbocycles. The van der Waals surface area contributed by atoms with Crippen LogP contribution in [-0.2, 0) is 16.0 Å². The number of aromatic nitrogens is 2. The van der Waals surface area contributed by atoms with Gasteiger partial charge in [0.15, 0.2) is 0 Å². The molecule has 8 heteroatoms. The van der Waals surface area contributed by atoms with Gasteiger partial charge < -0.3 is 18.9 Å². The monoisotopic (exact) mass is 426 g/mol. The first-order valence-corrected chi connectivity index (χ1v) is 11.1. The van der Waals surface area contributed by atoms with Crippen LogP contribution in [0.25, 0.3) is 11.0 Å². The highest BCUT2D eigenvalue weighted by Crippen LogP contribution is 2.41. The molecule has 3 fully saturated rings. The average Bonchev–Trinajstić information content (AvgIpc) is 3.40. The third kappa shape index (κ3) is 3.76. The quantitative estimate of drug-likeness (QED) is 0.738. The molecule has 2 aromatic rings. The van der Waals surface area contributed by atoms with Gasteiger partial charge in [0.2, 0.25) is 0 Å². The number of nitrogens with zero attached hydrogens (tertiary/aromatic N) is 4. The van der Waals surface area contributed by atoms with Crippen molar-refractivity contribution in [3.63, 3.8) is 0 Å². The first-order chi connectivity index (χ1) is 14.9. The lowest BCUT2D eigenvalue weighted by Crippen LogP contribution is -2.44. The fourth-order valence-electron chi connectivity index (χ4n) is 5.60. The van der Waals surface area contributed by atoms with Gasteiger partial charge >= 0.3 is 6.09 Å². The van der Waals surface area contributed by atoms with Gasteiger partial charge in [-0.2, -0.15) is 5.26 Å². The fraction of sp³-hybridized carbons (Fsp3) is 0.609. The molecule has 3 atom stereocenters. The molecule has 1 saturated carbocycles. The van der Waals surface area contributed by atoms with E-state index in [1.54, 1.807) is 12.4 Å². The molecule has 5 rings (SSSR count). The summed E-state index contributed by atoms with van der Waals surface area (Å²) in [4.78, 5) is 18.8. The number of amides is 1. The van der Waals surface area contributed by atoms with Crippen LogP contribution in [0.2, 0.25) is 0 Å².